The molecule has 1 aromatic carbocycles. The van der Waals surface area contributed by atoms with E-state index in [1.807, 2.05) is 12.1 Å². The minimum Gasteiger partial charge on any atom is -0.370 e. The third-order valence-electron chi connectivity index (χ3n) is 10.3. The number of carbonyl (C=O) groups excluding carboxylic acids is 3. The van der Waals surface area contributed by atoms with Gasteiger partial charge in [-0.1, -0.05) is 12.1 Å². The molecule has 4 heterocycles. The van der Waals surface area contributed by atoms with Gasteiger partial charge in [0.05, 0.1) is 12.6 Å². The number of fused-ring (bicyclic) bond motifs is 3. The Labute approximate surface area is 243 Å². The molecule has 224 valence electrons. The summed E-state index contributed by atoms with van der Waals surface area (Å²) >= 11 is 0. The summed E-state index contributed by atoms with van der Waals surface area (Å²) in [6.07, 6.45) is 7.10. The van der Waals surface area contributed by atoms with E-state index in [0.29, 0.717) is 18.4 Å². The molecular formula is C29H38N8O5. The number of nitrogens with two attached hydrogens (primary N) is 2. The Morgan fingerprint density at radius 2 is 1.79 bits per heavy atom. The van der Waals surface area contributed by atoms with Crippen molar-refractivity contribution in [3.8, 4) is 0 Å². The van der Waals surface area contributed by atoms with Gasteiger partial charge < -0.3 is 37.2 Å². The first kappa shape index (κ1) is 27.1. The minimum absolute atomic E-state index is 0.0259. The second-order valence-electron chi connectivity index (χ2n) is 12.8. The third-order valence-corrected chi connectivity index (χ3v) is 10.3. The summed E-state index contributed by atoms with van der Waals surface area (Å²) in [4.78, 5) is 51.8. The largest absolute Gasteiger partial charge is 0.370 e. The Hall–Kier alpha value is -3.71. The van der Waals surface area contributed by atoms with Crippen LogP contribution < -0.4 is 22.1 Å². The molecule has 8 N–H and O–H groups in total. The van der Waals surface area contributed by atoms with Crippen LogP contribution in [0, 0.1) is 11.8 Å². The molecule has 42 heavy (non-hydrogen) atoms. The number of aryl methyl sites for hydroxylation is 1. The zero-order valence-corrected chi connectivity index (χ0v) is 23.5. The number of hydrogen-bond acceptors (Lipinski definition) is 11. The summed E-state index contributed by atoms with van der Waals surface area (Å²) in [7, 11) is 0. The average Bonchev–Trinajstić information content (AvgIpc) is 3.61. The second-order valence-corrected chi connectivity index (χ2v) is 12.8. The monoisotopic (exact) mass is 578 g/mol. The van der Waals surface area contributed by atoms with E-state index in [9.17, 15) is 24.6 Å². The number of guanidine groups is 2. The van der Waals surface area contributed by atoms with Crippen molar-refractivity contribution in [3.63, 3.8) is 0 Å². The first-order valence-corrected chi connectivity index (χ1v) is 15.0. The Kier molecular flexibility index (Phi) is 6.24. The maximum atomic E-state index is 13.6. The Morgan fingerprint density at radius 3 is 2.52 bits per heavy atom. The first-order valence-electron chi connectivity index (χ1n) is 15.0. The van der Waals surface area contributed by atoms with Gasteiger partial charge in [-0.25, -0.2) is 9.98 Å². The summed E-state index contributed by atoms with van der Waals surface area (Å²) in [5.74, 6) is -3.10. The van der Waals surface area contributed by atoms with Crippen LogP contribution >= 0.6 is 0 Å². The highest BCUT2D eigenvalue weighted by molar-refractivity contribution is 5.97. The molecule has 6 aliphatic rings. The van der Waals surface area contributed by atoms with Crippen LogP contribution in [0.2, 0.25) is 0 Å². The van der Waals surface area contributed by atoms with Crippen molar-refractivity contribution in [1.29, 1.82) is 0 Å². The number of hydrogen-bond donors (Lipinski definition) is 6. The average molecular weight is 579 g/mol. The number of nitrogens with zero attached hydrogens (tertiary/aromatic N) is 4. The fraction of sp³-hybridized carbons (Fsp3) is 0.621. The smallest absolute Gasteiger partial charge is 0.252 e. The van der Waals surface area contributed by atoms with Crippen LogP contribution in [0.15, 0.2) is 28.2 Å². The molecule has 1 aromatic rings. The molecule has 3 amide bonds. The molecular weight excluding hydrogens is 540 g/mol. The highest BCUT2D eigenvalue weighted by Crippen LogP contribution is 2.45. The lowest BCUT2D eigenvalue weighted by Crippen LogP contribution is -2.78. The predicted octanol–water partition coefficient (Wildman–Crippen LogP) is -1.09. The molecule has 4 aliphatic heterocycles. The number of amides is 3. The zero-order valence-electron chi connectivity index (χ0n) is 23.5. The van der Waals surface area contributed by atoms with Crippen LogP contribution in [-0.2, 0) is 22.4 Å². The number of benzene rings is 1. The van der Waals surface area contributed by atoms with Crippen LogP contribution in [0.3, 0.4) is 0 Å². The lowest BCUT2D eigenvalue weighted by Gasteiger charge is -2.49. The van der Waals surface area contributed by atoms with Crippen molar-refractivity contribution in [1.82, 2.24) is 20.4 Å². The van der Waals surface area contributed by atoms with Crippen molar-refractivity contribution < 1.29 is 24.6 Å². The van der Waals surface area contributed by atoms with Crippen molar-refractivity contribution in [2.24, 2.45) is 33.3 Å². The topological polar surface area (TPSA) is 199 Å². The summed E-state index contributed by atoms with van der Waals surface area (Å²) in [5, 5.41) is 29.4. The van der Waals surface area contributed by atoms with Gasteiger partial charge in [0.1, 0.15) is 12.1 Å². The van der Waals surface area contributed by atoms with Crippen molar-refractivity contribution in [2.45, 2.75) is 87.4 Å². The number of rotatable bonds is 4. The number of aliphatic hydroxyl groups is 2. The van der Waals surface area contributed by atoms with Crippen LogP contribution in [0.4, 0.5) is 0 Å². The van der Waals surface area contributed by atoms with Gasteiger partial charge in [0.2, 0.25) is 17.6 Å². The molecule has 6 atom stereocenters. The van der Waals surface area contributed by atoms with Gasteiger partial charge in [-0.15, -0.1) is 0 Å². The molecule has 2 bridgehead atoms. The van der Waals surface area contributed by atoms with E-state index < -0.39 is 35.5 Å². The van der Waals surface area contributed by atoms with Gasteiger partial charge in [-0.05, 0) is 74.0 Å². The second kappa shape index (κ2) is 9.66. The summed E-state index contributed by atoms with van der Waals surface area (Å²) < 4.78 is 0. The molecule has 0 radical (unpaired) electrons. The number of carbonyl (C=O) groups is 3. The van der Waals surface area contributed by atoms with E-state index in [-0.39, 0.29) is 48.7 Å². The van der Waals surface area contributed by atoms with E-state index >= 15 is 0 Å². The van der Waals surface area contributed by atoms with Gasteiger partial charge in [-0.2, -0.15) is 0 Å². The van der Waals surface area contributed by atoms with E-state index in [1.165, 1.54) is 9.80 Å². The van der Waals surface area contributed by atoms with Crippen molar-refractivity contribution in [3.05, 3.63) is 34.9 Å². The Bertz CT molecular complexity index is 1390. The molecule has 3 fully saturated rings. The van der Waals surface area contributed by atoms with Gasteiger partial charge in [0.25, 0.3) is 5.91 Å². The first-order chi connectivity index (χ1) is 20.1. The fourth-order valence-electron chi connectivity index (χ4n) is 8.26. The van der Waals surface area contributed by atoms with E-state index in [4.69, 9.17) is 11.5 Å². The van der Waals surface area contributed by atoms with Crippen LogP contribution in [0.5, 0.6) is 0 Å². The number of imide groups is 1. The van der Waals surface area contributed by atoms with Gasteiger partial charge >= 0.3 is 0 Å². The lowest BCUT2D eigenvalue weighted by atomic mass is 9.84. The molecule has 0 aromatic heterocycles. The molecule has 7 rings (SSSR count). The van der Waals surface area contributed by atoms with Gasteiger partial charge in [0.15, 0.2) is 17.6 Å². The zero-order chi connectivity index (χ0) is 29.4. The van der Waals surface area contributed by atoms with Crippen molar-refractivity contribution >= 4 is 29.6 Å². The standard InChI is InChI=1S/C29H38N8O5/c30-26-34-24-20(13-36-22(38)11-15-8-9-16(10-15)12-23(36)39)32-27(31)37-14-21(29(41,42)28(24,37)35-26)33-25(40)19-7-3-5-17-4-1-2-6-18(17)19/h3,5,7,15-16,20-21,24,41-42H,1-2,4,6,8-14H2,(H2,31,32)(H,33,40)(H3,30,34,35)/t15?,16?,20-,21?,24?,28?/m0/s1. The fourth-order valence-corrected chi connectivity index (χ4v) is 8.26. The third kappa shape index (κ3) is 4.00. The quantitative estimate of drug-likeness (QED) is 0.190. The van der Waals surface area contributed by atoms with E-state index in [2.05, 4.69) is 20.6 Å². The molecule has 2 aliphatic carbocycles. The molecule has 2 saturated heterocycles. The summed E-state index contributed by atoms with van der Waals surface area (Å²) in [5.41, 5.74) is 13.4. The van der Waals surface area contributed by atoms with Crippen molar-refractivity contribution in [2.75, 3.05) is 13.1 Å². The minimum atomic E-state index is -2.60. The summed E-state index contributed by atoms with van der Waals surface area (Å²) in [6.45, 7) is -0.188. The Morgan fingerprint density at radius 1 is 1.07 bits per heavy atom. The molecule has 13 nitrogen and oxygen atoms in total. The number of likely N-dealkylation sites (tertiary alicyclic amines) is 1. The molecule has 1 spiro atoms. The SMILES string of the molecule is NC1=NC2[C@H](CN3C(=O)CC4CCC(CC3=O)C4)N=C(N)N3CC(NC(=O)c4cccc5c4CCCC5)C(O)(O)C23N1. The van der Waals surface area contributed by atoms with Crippen LogP contribution in [0.25, 0.3) is 0 Å². The molecule has 13 heteroatoms. The van der Waals surface area contributed by atoms with Gasteiger partial charge in [0, 0.05) is 24.9 Å². The number of aliphatic imine (C=N–C) groups is 2. The summed E-state index contributed by atoms with van der Waals surface area (Å²) in [6, 6.07) is 2.55. The maximum Gasteiger partial charge on any atom is 0.252 e. The maximum absolute atomic E-state index is 13.6. The van der Waals surface area contributed by atoms with Crippen LogP contribution in [0.1, 0.15) is 66.4 Å². The highest BCUT2D eigenvalue weighted by Gasteiger charge is 2.73. The lowest BCUT2D eigenvalue weighted by molar-refractivity contribution is -0.230. The molecule has 5 unspecified atom stereocenters. The van der Waals surface area contributed by atoms with E-state index in [0.717, 1.165) is 56.1 Å². The predicted molar refractivity (Wildman–Crippen MR) is 152 cm³/mol. The number of nitrogens with one attached hydrogen (secondary N) is 2. The Balaban J connectivity index is 1.17. The highest BCUT2D eigenvalue weighted by atomic mass is 16.5. The normalized spacial score (nSPS) is 34.9. The van der Waals surface area contributed by atoms with E-state index in [1.54, 1.807) is 6.07 Å². The van der Waals surface area contributed by atoms with Crippen LogP contribution in [-0.4, -0.2) is 92.3 Å². The molecule has 1 saturated carbocycles. The van der Waals surface area contributed by atoms with Gasteiger partial charge in [-0.3, -0.25) is 19.3 Å².